The SMILES string of the molecule is CN=C(NCc1ccc(Br)cc1C)NCC1CC(=O)Nc2ccccc21.I. The van der Waals surface area contributed by atoms with Gasteiger partial charge in [-0.15, -0.1) is 24.0 Å². The van der Waals surface area contributed by atoms with Crippen LogP contribution in [0.15, 0.2) is 51.9 Å². The number of rotatable bonds is 4. The molecule has 0 aliphatic carbocycles. The number of aryl methyl sites for hydroxylation is 1. The van der Waals surface area contributed by atoms with E-state index in [2.05, 4.69) is 62.0 Å². The highest BCUT2D eigenvalue weighted by Crippen LogP contribution is 2.31. The summed E-state index contributed by atoms with van der Waals surface area (Å²) in [7, 11) is 1.76. The lowest BCUT2D eigenvalue weighted by Crippen LogP contribution is -2.40. The van der Waals surface area contributed by atoms with Gasteiger partial charge in [0.25, 0.3) is 0 Å². The number of hydrogen-bond donors (Lipinski definition) is 3. The Balaban J connectivity index is 0.00000261. The van der Waals surface area contributed by atoms with Crippen LogP contribution in [0, 0.1) is 6.92 Å². The Morgan fingerprint density at radius 3 is 2.78 bits per heavy atom. The molecular formula is C20H24BrIN4O. The van der Waals surface area contributed by atoms with Crippen molar-refractivity contribution in [2.75, 3.05) is 18.9 Å². The minimum absolute atomic E-state index is 0. The van der Waals surface area contributed by atoms with E-state index in [1.165, 1.54) is 16.7 Å². The molecule has 144 valence electrons. The van der Waals surface area contributed by atoms with E-state index in [1.807, 2.05) is 24.3 Å². The second-order valence-electron chi connectivity index (χ2n) is 6.41. The molecule has 0 saturated carbocycles. The van der Waals surface area contributed by atoms with Gasteiger partial charge in [-0.1, -0.05) is 40.2 Å². The van der Waals surface area contributed by atoms with Crippen molar-refractivity contribution in [2.24, 2.45) is 4.99 Å². The molecular weight excluding hydrogens is 519 g/mol. The van der Waals surface area contributed by atoms with E-state index in [4.69, 9.17) is 0 Å². The average Bonchev–Trinajstić information content (AvgIpc) is 2.63. The molecule has 1 amide bonds. The van der Waals surface area contributed by atoms with Crippen LogP contribution in [0.5, 0.6) is 0 Å². The summed E-state index contributed by atoms with van der Waals surface area (Å²) in [4.78, 5) is 16.2. The monoisotopic (exact) mass is 542 g/mol. The van der Waals surface area contributed by atoms with E-state index in [-0.39, 0.29) is 35.8 Å². The van der Waals surface area contributed by atoms with Gasteiger partial charge in [-0.05, 0) is 41.8 Å². The van der Waals surface area contributed by atoms with Gasteiger partial charge < -0.3 is 16.0 Å². The Hall–Kier alpha value is -1.61. The Morgan fingerprint density at radius 2 is 2.04 bits per heavy atom. The second kappa shape index (κ2) is 10.1. The number of anilines is 1. The van der Waals surface area contributed by atoms with Crippen molar-refractivity contribution >= 4 is 57.5 Å². The molecule has 3 rings (SSSR count). The van der Waals surface area contributed by atoms with Gasteiger partial charge in [0.2, 0.25) is 5.91 Å². The lowest BCUT2D eigenvalue weighted by atomic mass is 9.90. The summed E-state index contributed by atoms with van der Waals surface area (Å²) in [6, 6.07) is 14.2. The van der Waals surface area contributed by atoms with Gasteiger partial charge in [-0.25, -0.2) is 0 Å². The Kier molecular flexibility index (Phi) is 8.09. The number of halogens is 2. The van der Waals surface area contributed by atoms with Crippen LogP contribution in [-0.4, -0.2) is 25.5 Å². The largest absolute Gasteiger partial charge is 0.356 e. The van der Waals surface area contributed by atoms with Crippen LogP contribution in [0.4, 0.5) is 5.69 Å². The van der Waals surface area contributed by atoms with Crippen molar-refractivity contribution in [1.82, 2.24) is 10.6 Å². The molecule has 1 aliphatic heterocycles. The summed E-state index contributed by atoms with van der Waals surface area (Å²) in [6.45, 7) is 3.44. The van der Waals surface area contributed by atoms with Crippen LogP contribution in [0.3, 0.4) is 0 Å². The highest BCUT2D eigenvalue weighted by atomic mass is 127. The third kappa shape index (κ3) is 5.68. The summed E-state index contributed by atoms with van der Waals surface area (Å²) < 4.78 is 1.08. The van der Waals surface area contributed by atoms with E-state index < -0.39 is 0 Å². The quantitative estimate of drug-likeness (QED) is 0.309. The van der Waals surface area contributed by atoms with E-state index in [0.29, 0.717) is 19.5 Å². The summed E-state index contributed by atoms with van der Waals surface area (Å²) in [6.07, 6.45) is 0.479. The number of hydrogen-bond acceptors (Lipinski definition) is 2. The summed E-state index contributed by atoms with van der Waals surface area (Å²) in [5.74, 6) is 0.924. The molecule has 27 heavy (non-hydrogen) atoms. The summed E-state index contributed by atoms with van der Waals surface area (Å²) in [5, 5.41) is 9.63. The van der Waals surface area contributed by atoms with Gasteiger partial charge in [0.15, 0.2) is 5.96 Å². The van der Waals surface area contributed by atoms with Gasteiger partial charge in [0.1, 0.15) is 0 Å². The number of fused-ring (bicyclic) bond motifs is 1. The highest BCUT2D eigenvalue weighted by Gasteiger charge is 2.24. The Labute approximate surface area is 185 Å². The molecule has 0 spiro atoms. The first-order valence-electron chi connectivity index (χ1n) is 8.65. The van der Waals surface area contributed by atoms with Crippen molar-refractivity contribution in [2.45, 2.75) is 25.8 Å². The average molecular weight is 543 g/mol. The zero-order chi connectivity index (χ0) is 18.5. The van der Waals surface area contributed by atoms with Crippen molar-refractivity contribution in [1.29, 1.82) is 0 Å². The molecule has 0 saturated heterocycles. The molecule has 1 aliphatic rings. The smallest absolute Gasteiger partial charge is 0.225 e. The van der Waals surface area contributed by atoms with Crippen LogP contribution >= 0.6 is 39.9 Å². The van der Waals surface area contributed by atoms with Crippen molar-refractivity contribution < 1.29 is 4.79 Å². The number of amides is 1. The molecule has 0 bridgehead atoms. The van der Waals surface area contributed by atoms with E-state index in [0.717, 1.165) is 16.1 Å². The molecule has 0 aromatic heterocycles. The highest BCUT2D eigenvalue weighted by molar-refractivity contribution is 14.0. The molecule has 7 heteroatoms. The van der Waals surface area contributed by atoms with Crippen molar-refractivity contribution in [3.8, 4) is 0 Å². The predicted octanol–water partition coefficient (Wildman–Crippen LogP) is 4.17. The third-order valence-corrected chi connectivity index (χ3v) is 5.09. The van der Waals surface area contributed by atoms with E-state index >= 15 is 0 Å². The molecule has 1 atom stereocenters. The van der Waals surface area contributed by atoms with Gasteiger partial charge in [0, 0.05) is 42.6 Å². The summed E-state index contributed by atoms with van der Waals surface area (Å²) >= 11 is 3.49. The lowest BCUT2D eigenvalue weighted by molar-refractivity contribution is -0.116. The fraction of sp³-hybridized carbons (Fsp3) is 0.300. The number of benzene rings is 2. The molecule has 0 radical (unpaired) electrons. The number of carbonyl (C=O) groups excluding carboxylic acids is 1. The van der Waals surface area contributed by atoms with Gasteiger partial charge >= 0.3 is 0 Å². The normalized spacial score (nSPS) is 16.0. The van der Waals surface area contributed by atoms with Gasteiger partial charge in [-0.2, -0.15) is 0 Å². The Morgan fingerprint density at radius 1 is 1.26 bits per heavy atom. The number of nitrogens with zero attached hydrogens (tertiary/aromatic N) is 1. The third-order valence-electron chi connectivity index (χ3n) is 4.60. The molecule has 3 N–H and O–H groups in total. The maximum absolute atomic E-state index is 11.9. The summed E-state index contributed by atoms with van der Waals surface area (Å²) in [5.41, 5.74) is 4.52. The first kappa shape index (κ1) is 21.7. The van der Waals surface area contributed by atoms with Crippen molar-refractivity contribution in [3.05, 3.63) is 63.6 Å². The van der Waals surface area contributed by atoms with Crippen LogP contribution < -0.4 is 16.0 Å². The predicted molar refractivity (Wildman–Crippen MR) is 125 cm³/mol. The van der Waals surface area contributed by atoms with Crippen LogP contribution in [-0.2, 0) is 11.3 Å². The molecule has 1 heterocycles. The van der Waals surface area contributed by atoms with Crippen LogP contribution in [0.1, 0.15) is 29.0 Å². The molecule has 1 unspecified atom stereocenters. The number of carbonyl (C=O) groups is 1. The van der Waals surface area contributed by atoms with Gasteiger partial charge in [0.05, 0.1) is 0 Å². The standard InChI is InChI=1S/C20H23BrN4O.HI/c1-13-9-16(21)8-7-14(13)11-23-20(22-2)24-12-15-10-19(26)25-18-6-4-3-5-17(15)18;/h3-9,15H,10-12H2,1-2H3,(H,25,26)(H2,22,23,24);1H. The first-order valence-corrected chi connectivity index (χ1v) is 9.44. The number of guanidine groups is 1. The zero-order valence-corrected chi connectivity index (χ0v) is 19.3. The maximum Gasteiger partial charge on any atom is 0.225 e. The minimum atomic E-state index is 0. The maximum atomic E-state index is 11.9. The topological polar surface area (TPSA) is 65.5 Å². The number of para-hydroxylation sites is 1. The number of nitrogens with one attached hydrogen (secondary N) is 3. The van der Waals surface area contributed by atoms with E-state index in [1.54, 1.807) is 7.05 Å². The molecule has 0 fully saturated rings. The minimum Gasteiger partial charge on any atom is -0.356 e. The lowest BCUT2D eigenvalue weighted by Gasteiger charge is -2.26. The first-order chi connectivity index (χ1) is 12.6. The van der Waals surface area contributed by atoms with Crippen LogP contribution in [0.25, 0.3) is 0 Å². The molecule has 2 aromatic carbocycles. The fourth-order valence-electron chi connectivity index (χ4n) is 3.16. The van der Waals surface area contributed by atoms with Crippen molar-refractivity contribution in [3.63, 3.8) is 0 Å². The second-order valence-corrected chi connectivity index (χ2v) is 7.33. The fourth-order valence-corrected chi connectivity index (χ4v) is 3.64. The zero-order valence-electron chi connectivity index (χ0n) is 15.4. The van der Waals surface area contributed by atoms with E-state index in [9.17, 15) is 4.79 Å². The van der Waals surface area contributed by atoms with Gasteiger partial charge in [-0.3, -0.25) is 9.79 Å². The Bertz CT molecular complexity index is 840. The molecule has 5 nitrogen and oxygen atoms in total. The molecule has 2 aromatic rings. The number of aliphatic imine (C=N–C) groups is 1. The van der Waals surface area contributed by atoms with Crippen LogP contribution in [0.2, 0.25) is 0 Å².